The van der Waals surface area contributed by atoms with E-state index in [2.05, 4.69) is 160 Å². The third kappa shape index (κ3) is 17.2. The summed E-state index contributed by atoms with van der Waals surface area (Å²) >= 11 is 12.2. The molecule has 4 fully saturated rings. The number of rotatable bonds is 12. The number of hydrogen-bond acceptors (Lipinski definition) is 28. The Hall–Kier alpha value is -12.4. The molecule has 0 radical (unpaired) electrons. The van der Waals surface area contributed by atoms with Gasteiger partial charge in [-0.25, -0.2) is 79.7 Å². The van der Waals surface area contributed by atoms with Crippen LogP contribution in [0, 0.1) is 0 Å². The number of ether oxygens (including phenoxy) is 2. The number of nitrogens with zero attached hydrogens (tertiary/aromatic N) is 28. The van der Waals surface area contributed by atoms with Gasteiger partial charge in [-0.15, -0.1) is 0 Å². The van der Waals surface area contributed by atoms with Crippen LogP contribution in [-0.4, -0.2) is 235 Å². The van der Waals surface area contributed by atoms with E-state index in [-0.39, 0.29) is 71.5 Å². The van der Waals surface area contributed by atoms with Crippen LogP contribution in [-0.2, 0) is 21.8 Å². The molecule has 32 nitrogen and oxygen atoms in total. The van der Waals surface area contributed by atoms with Crippen molar-refractivity contribution in [1.82, 2.24) is 108 Å². The molecular weight excluding hydrogens is 1600 g/mol. The van der Waals surface area contributed by atoms with E-state index in [1.54, 1.807) is 74.1 Å². The van der Waals surface area contributed by atoms with E-state index in [0.717, 1.165) is 109 Å². The fraction of sp³-hybridized carbons (Fsp3) is 0.350. The first-order valence-electron chi connectivity index (χ1n) is 38.8. The molecule has 0 amide bonds. The van der Waals surface area contributed by atoms with Gasteiger partial charge < -0.3 is 39.7 Å². The molecule has 4 saturated heterocycles. The van der Waals surface area contributed by atoms with Crippen LogP contribution in [0.15, 0.2) is 190 Å². The third-order valence-corrected chi connectivity index (χ3v) is 21.6. The number of imidazole rings is 4. The van der Waals surface area contributed by atoms with Crippen LogP contribution < -0.4 is 30.2 Å². The molecule has 12 aromatic heterocycles. The molecule has 8 aliphatic heterocycles. The number of aliphatic imine (C=N–C) groups is 4. The van der Waals surface area contributed by atoms with Gasteiger partial charge in [-0.05, 0) is 77.0 Å². The summed E-state index contributed by atoms with van der Waals surface area (Å²) in [7, 11) is 0. The third-order valence-electron chi connectivity index (χ3n) is 21.2. The summed E-state index contributed by atoms with van der Waals surface area (Å²) in [5.74, 6) is 3.29. The molecule has 0 spiro atoms. The van der Waals surface area contributed by atoms with E-state index in [9.17, 15) is 26.3 Å². The minimum Gasteiger partial charge on any atom is -0.365 e. The maximum Gasteiger partial charge on any atom is 0.434 e. The van der Waals surface area contributed by atoms with E-state index in [4.69, 9.17) is 42.6 Å². The standard InChI is InChI=1S/2C20H21ClN8.2C20H18F3N7O/c2*1-12-10-28(13(2)19(26-12)14-3-5-22-7-14)20-23-6-4-15(27-20)16-8-25-18-9-24-17(21)11-29(16)18;2*1-12-9-29(10-15(31-12)13-3-2-5-24-13)17-4-6-25-19(28-17)14-7-27-18-8-26-16(11-30(14)18)20(21,22)23/h2*3-4,6-9,11-13,19,26H,5,10H2,1-2H3;2*3-8,11-12,15H,2,9-10H2,1H3. The van der Waals surface area contributed by atoms with Crippen LogP contribution in [0.2, 0.25) is 10.3 Å². The van der Waals surface area contributed by atoms with Gasteiger partial charge in [0.15, 0.2) is 45.6 Å². The average molecular weight is 1680 g/mol. The fourth-order valence-electron chi connectivity index (χ4n) is 15.6. The number of halogens is 8. The zero-order valence-corrected chi connectivity index (χ0v) is 66.9. The molecule has 0 saturated carbocycles. The van der Waals surface area contributed by atoms with E-state index in [1.165, 1.54) is 32.3 Å². The lowest BCUT2D eigenvalue weighted by Gasteiger charge is -2.43. The van der Waals surface area contributed by atoms with Crippen LogP contribution in [0.3, 0.4) is 0 Å². The molecular formula is C80H78Cl2F6N30O2. The van der Waals surface area contributed by atoms with Crippen LogP contribution in [0.25, 0.3) is 68.4 Å². The molecule has 12 aromatic rings. The van der Waals surface area contributed by atoms with Gasteiger partial charge in [0.1, 0.15) is 45.5 Å². The number of alkyl halides is 6. The molecule has 0 aromatic carbocycles. The average Bonchev–Trinajstić information content (AvgIpc) is 1.33. The molecule has 616 valence electrons. The Morgan fingerprint density at radius 3 is 1.19 bits per heavy atom. The Morgan fingerprint density at radius 1 is 0.417 bits per heavy atom. The SMILES string of the molecule is CC1CN(c2ccnc(-c3cnc4cnc(C(F)(F)F)cn34)n2)CC(C2=CCC=N2)O1.CC1CN(c2ccnc(-c3cnc4cnc(C(F)(F)F)cn34)n2)CC(C2=CCC=N2)O1.CC1CN(c2nccc(-c3cnc4cnc(Cl)cn34)n2)C(C)C(C2=CCN=C2)N1.CC1CN(c2nccc(-c3cnc4cnc(Cl)cn34)n2)C(C)C(C2=CCN=C2)N1. The molecule has 0 bridgehead atoms. The summed E-state index contributed by atoms with van der Waals surface area (Å²) in [5, 5.41) is 8.19. The molecule has 10 atom stereocenters. The number of allylic oxidation sites excluding steroid dienone is 2. The number of piperazine rings is 2. The minimum absolute atomic E-state index is 0.0370. The monoisotopic (exact) mass is 1670 g/mol. The Bertz CT molecular complexity index is 5710. The van der Waals surface area contributed by atoms with Crippen molar-refractivity contribution in [3.05, 3.63) is 192 Å². The predicted molar refractivity (Wildman–Crippen MR) is 441 cm³/mol. The highest BCUT2D eigenvalue weighted by atomic mass is 35.5. The van der Waals surface area contributed by atoms with Gasteiger partial charge in [0.2, 0.25) is 11.9 Å². The maximum absolute atomic E-state index is 13.1. The van der Waals surface area contributed by atoms with Crippen molar-refractivity contribution in [2.75, 3.05) is 72.0 Å². The van der Waals surface area contributed by atoms with Crippen molar-refractivity contribution in [2.45, 2.75) is 127 Å². The fourth-order valence-corrected chi connectivity index (χ4v) is 15.9. The minimum atomic E-state index is -4.56. The Kier molecular flexibility index (Phi) is 22.6. The second-order valence-electron chi connectivity index (χ2n) is 29.7. The lowest BCUT2D eigenvalue weighted by Crippen LogP contribution is -2.61. The lowest BCUT2D eigenvalue weighted by atomic mass is 9.96. The first-order valence-corrected chi connectivity index (χ1v) is 39.5. The first-order chi connectivity index (χ1) is 58.0. The molecule has 10 unspecified atom stereocenters. The Balaban J connectivity index is 0.000000114. The quantitative estimate of drug-likeness (QED) is 0.107. The summed E-state index contributed by atoms with van der Waals surface area (Å²) in [6.45, 7) is 18.3. The zero-order chi connectivity index (χ0) is 83.1. The Morgan fingerprint density at radius 2 is 0.808 bits per heavy atom. The molecule has 20 heterocycles. The highest BCUT2D eigenvalue weighted by Gasteiger charge is 2.40. The zero-order valence-electron chi connectivity index (χ0n) is 65.4. The van der Waals surface area contributed by atoms with Crippen LogP contribution in [0.1, 0.15) is 65.8 Å². The highest BCUT2D eigenvalue weighted by molar-refractivity contribution is 6.29. The van der Waals surface area contributed by atoms with E-state index in [0.29, 0.717) is 83.5 Å². The molecule has 0 aliphatic carbocycles. The highest BCUT2D eigenvalue weighted by Crippen LogP contribution is 2.35. The summed E-state index contributed by atoms with van der Waals surface area (Å²) in [6, 6.07) is 8.71. The van der Waals surface area contributed by atoms with Crippen molar-refractivity contribution in [3.8, 4) is 45.8 Å². The number of morpholine rings is 2. The second-order valence-corrected chi connectivity index (χ2v) is 30.5. The number of anilines is 4. The normalized spacial score (nSPS) is 22.9. The van der Waals surface area contributed by atoms with Crippen LogP contribution in [0.5, 0.6) is 0 Å². The van der Waals surface area contributed by atoms with Gasteiger partial charge in [-0.2, -0.15) is 26.3 Å². The van der Waals surface area contributed by atoms with E-state index in [1.807, 2.05) is 71.8 Å². The number of fused-ring (bicyclic) bond motifs is 4. The second kappa shape index (κ2) is 33.8. The van der Waals surface area contributed by atoms with Crippen molar-refractivity contribution < 1.29 is 35.8 Å². The summed E-state index contributed by atoms with van der Waals surface area (Å²) in [6.07, 6.45) is 32.1. The topological polar surface area (TPSA) is 329 Å². The number of hydrogen-bond donors (Lipinski definition) is 2. The summed E-state index contributed by atoms with van der Waals surface area (Å²) in [5.41, 5.74) is 8.25. The van der Waals surface area contributed by atoms with Crippen LogP contribution >= 0.6 is 23.2 Å². The molecule has 20 rings (SSSR count). The van der Waals surface area contributed by atoms with Crippen molar-refractivity contribution >= 4 is 94.2 Å². The maximum atomic E-state index is 13.1. The Labute approximate surface area is 691 Å². The van der Waals surface area contributed by atoms with Gasteiger partial charge in [0, 0.05) is 138 Å². The summed E-state index contributed by atoms with van der Waals surface area (Å²) in [4.78, 5) is 95.0. The summed E-state index contributed by atoms with van der Waals surface area (Å²) < 4.78 is 97.1. The smallest absolute Gasteiger partial charge is 0.365 e. The first kappa shape index (κ1) is 80.1. The molecule has 2 N–H and O–H groups in total. The molecule has 120 heavy (non-hydrogen) atoms. The lowest BCUT2D eigenvalue weighted by molar-refractivity contribution is -0.142. The van der Waals surface area contributed by atoms with Gasteiger partial charge >= 0.3 is 12.4 Å². The van der Waals surface area contributed by atoms with E-state index < -0.39 is 23.7 Å². The van der Waals surface area contributed by atoms with E-state index >= 15 is 0 Å². The van der Waals surface area contributed by atoms with Crippen LogP contribution in [0.4, 0.5) is 49.9 Å². The number of nitrogens with one attached hydrogen (secondary N) is 2. The molecule has 40 heteroatoms. The van der Waals surface area contributed by atoms with Gasteiger partial charge in [0.05, 0.1) is 134 Å². The molecule has 8 aliphatic rings. The van der Waals surface area contributed by atoms with Crippen molar-refractivity contribution in [2.24, 2.45) is 20.0 Å². The number of aromatic nitrogens is 20. The largest absolute Gasteiger partial charge is 0.434 e. The van der Waals surface area contributed by atoms with Crippen molar-refractivity contribution in [3.63, 3.8) is 0 Å². The predicted octanol–water partition coefficient (Wildman–Crippen LogP) is 11.1. The van der Waals surface area contributed by atoms with Gasteiger partial charge in [-0.3, -0.25) is 37.6 Å². The van der Waals surface area contributed by atoms with Gasteiger partial charge in [0.25, 0.3) is 0 Å². The van der Waals surface area contributed by atoms with Gasteiger partial charge in [-0.1, -0.05) is 47.5 Å². The van der Waals surface area contributed by atoms with Crippen molar-refractivity contribution in [1.29, 1.82) is 0 Å².